The minimum atomic E-state index is -0.379. The Kier molecular flexibility index (Phi) is 6.32. The number of rotatable bonds is 5. The Morgan fingerprint density at radius 1 is 1.26 bits per heavy atom. The molecule has 3 rings (SSSR count). The predicted octanol–water partition coefficient (Wildman–Crippen LogP) is 3.98. The van der Waals surface area contributed by atoms with Crippen LogP contribution in [0.25, 0.3) is 6.08 Å². The van der Waals surface area contributed by atoms with E-state index >= 15 is 0 Å². The lowest BCUT2D eigenvalue weighted by atomic mass is 10.2. The molecule has 1 aliphatic heterocycles. The molecule has 0 aromatic heterocycles. The Labute approximate surface area is 162 Å². The molecule has 0 saturated carbocycles. The maximum absolute atomic E-state index is 14.4. The zero-order chi connectivity index (χ0) is 19.2. The van der Waals surface area contributed by atoms with Crippen LogP contribution in [0, 0.1) is 5.82 Å². The van der Waals surface area contributed by atoms with Gasteiger partial charge < -0.3 is 19.7 Å². The Bertz CT molecular complexity index is 851. The molecular formula is C20H20ClFN2O3. The van der Waals surface area contributed by atoms with Crippen LogP contribution < -0.4 is 15.0 Å². The number of anilines is 2. The molecule has 142 valence electrons. The first-order valence-corrected chi connectivity index (χ1v) is 8.89. The van der Waals surface area contributed by atoms with Gasteiger partial charge in [-0.05, 0) is 42.5 Å². The van der Waals surface area contributed by atoms with Crippen LogP contribution in [0.3, 0.4) is 0 Å². The summed E-state index contributed by atoms with van der Waals surface area (Å²) in [7, 11) is 1.54. The largest absolute Gasteiger partial charge is 0.496 e. The summed E-state index contributed by atoms with van der Waals surface area (Å²) >= 11 is 5.97. The van der Waals surface area contributed by atoms with Gasteiger partial charge in [0.25, 0.3) is 0 Å². The lowest BCUT2D eigenvalue weighted by molar-refractivity contribution is -0.111. The van der Waals surface area contributed by atoms with E-state index in [9.17, 15) is 9.18 Å². The van der Waals surface area contributed by atoms with E-state index in [1.807, 2.05) is 4.90 Å². The van der Waals surface area contributed by atoms with Gasteiger partial charge in [-0.25, -0.2) is 4.39 Å². The highest BCUT2D eigenvalue weighted by molar-refractivity contribution is 6.30. The van der Waals surface area contributed by atoms with E-state index in [1.54, 1.807) is 43.5 Å². The van der Waals surface area contributed by atoms with Gasteiger partial charge in [0.2, 0.25) is 5.91 Å². The number of hydrogen-bond acceptors (Lipinski definition) is 4. The molecule has 0 atom stereocenters. The van der Waals surface area contributed by atoms with Crippen LogP contribution in [-0.4, -0.2) is 39.3 Å². The van der Waals surface area contributed by atoms with Gasteiger partial charge in [-0.3, -0.25) is 4.79 Å². The summed E-state index contributed by atoms with van der Waals surface area (Å²) in [5.41, 5.74) is 1.57. The summed E-state index contributed by atoms with van der Waals surface area (Å²) in [5, 5.41) is 3.19. The SMILES string of the molecule is COc1ccc(Cl)cc1/C=C/C(=O)Nc1ccc(N2CCOCC2)c(F)c1. The minimum absolute atomic E-state index is 0.379. The average Bonchev–Trinajstić information content (AvgIpc) is 2.67. The molecule has 0 bridgehead atoms. The molecule has 0 spiro atoms. The van der Waals surface area contributed by atoms with E-state index < -0.39 is 0 Å². The monoisotopic (exact) mass is 390 g/mol. The summed E-state index contributed by atoms with van der Waals surface area (Å²) in [6, 6.07) is 9.78. The highest BCUT2D eigenvalue weighted by atomic mass is 35.5. The lowest BCUT2D eigenvalue weighted by Gasteiger charge is -2.29. The summed E-state index contributed by atoms with van der Waals surface area (Å²) < 4.78 is 24.9. The maximum Gasteiger partial charge on any atom is 0.248 e. The minimum Gasteiger partial charge on any atom is -0.496 e. The highest BCUT2D eigenvalue weighted by Crippen LogP contribution is 2.25. The van der Waals surface area contributed by atoms with E-state index in [-0.39, 0.29) is 11.7 Å². The first kappa shape index (κ1) is 19.2. The fourth-order valence-corrected chi connectivity index (χ4v) is 3.01. The molecule has 1 heterocycles. The average molecular weight is 391 g/mol. The van der Waals surface area contributed by atoms with Crippen LogP contribution in [0.15, 0.2) is 42.5 Å². The molecule has 2 aromatic rings. The van der Waals surface area contributed by atoms with E-state index in [0.29, 0.717) is 54.0 Å². The van der Waals surface area contributed by atoms with Gasteiger partial charge >= 0.3 is 0 Å². The van der Waals surface area contributed by atoms with Crippen LogP contribution in [0.2, 0.25) is 5.02 Å². The fraction of sp³-hybridized carbons (Fsp3) is 0.250. The van der Waals surface area contributed by atoms with Gasteiger partial charge in [-0.15, -0.1) is 0 Å². The topological polar surface area (TPSA) is 50.8 Å². The highest BCUT2D eigenvalue weighted by Gasteiger charge is 2.15. The van der Waals surface area contributed by atoms with Crippen molar-refractivity contribution in [3.05, 3.63) is 58.9 Å². The molecule has 5 nitrogen and oxygen atoms in total. The van der Waals surface area contributed by atoms with Crippen LogP contribution >= 0.6 is 11.6 Å². The predicted molar refractivity (Wildman–Crippen MR) is 105 cm³/mol. The Morgan fingerprint density at radius 2 is 2.04 bits per heavy atom. The molecule has 1 aliphatic rings. The third kappa shape index (κ3) is 4.99. The third-order valence-corrected chi connectivity index (χ3v) is 4.41. The lowest BCUT2D eigenvalue weighted by Crippen LogP contribution is -2.36. The number of morpholine rings is 1. The third-order valence-electron chi connectivity index (χ3n) is 4.17. The number of benzene rings is 2. The molecule has 1 amide bonds. The van der Waals surface area contributed by atoms with Crippen LogP contribution in [0.4, 0.5) is 15.8 Å². The normalized spacial score (nSPS) is 14.4. The van der Waals surface area contributed by atoms with E-state index in [1.165, 1.54) is 12.1 Å². The van der Waals surface area contributed by atoms with Crippen LogP contribution in [0.1, 0.15) is 5.56 Å². The van der Waals surface area contributed by atoms with E-state index in [2.05, 4.69) is 5.32 Å². The summed E-state index contributed by atoms with van der Waals surface area (Å²) in [6.07, 6.45) is 2.94. The molecule has 2 aromatic carbocycles. The van der Waals surface area contributed by atoms with Crippen molar-refractivity contribution in [3.8, 4) is 5.75 Å². The maximum atomic E-state index is 14.4. The molecule has 1 fully saturated rings. The van der Waals surface area contributed by atoms with E-state index in [0.717, 1.165) is 0 Å². The molecular weight excluding hydrogens is 371 g/mol. The van der Waals surface area contributed by atoms with Crippen molar-refractivity contribution in [2.75, 3.05) is 43.6 Å². The molecule has 0 aliphatic carbocycles. The second kappa shape index (κ2) is 8.88. The summed E-state index contributed by atoms with van der Waals surface area (Å²) in [4.78, 5) is 14.1. The zero-order valence-corrected chi connectivity index (χ0v) is 15.6. The number of carbonyl (C=O) groups excluding carboxylic acids is 1. The Balaban J connectivity index is 1.67. The quantitative estimate of drug-likeness (QED) is 0.785. The first-order chi connectivity index (χ1) is 13.1. The number of amides is 1. The van der Waals surface area contributed by atoms with Crippen molar-refractivity contribution in [2.24, 2.45) is 0 Å². The molecule has 7 heteroatoms. The number of halogens is 2. The molecule has 27 heavy (non-hydrogen) atoms. The van der Waals surface area contributed by atoms with Crippen molar-refractivity contribution in [3.63, 3.8) is 0 Å². The van der Waals surface area contributed by atoms with Crippen LogP contribution in [0.5, 0.6) is 5.75 Å². The summed E-state index contributed by atoms with van der Waals surface area (Å²) in [6.45, 7) is 2.45. The smallest absolute Gasteiger partial charge is 0.248 e. The van der Waals surface area contributed by atoms with Crippen molar-refractivity contribution < 1.29 is 18.7 Å². The summed E-state index contributed by atoms with van der Waals surface area (Å²) in [5.74, 6) is -0.157. The van der Waals surface area contributed by atoms with Gasteiger partial charge in [-0.2, -0.15) is 0 Å². The Morgan fingerprint density at radius 3 is 2.74 bits per heavy atom. The zero-order valence-electron chi connectivity index (χ0n) is 14.9. The van der Waals surface area contributed by atoms with Crippen LogP contribution in [-0.2, 0) is 9.53 Å². The van der Waals surface area contributed by atoms with Gasteiger partial charge in [-0.1, -0.05) is 11.6 Å². The van der Waals surface area contributed by atoms with Crippen molar-refractivity contribution in [1.82, 2.24) is 0 Å². The molecule has 0 unspecified atom stereocenters. The number of ether oxygens (including phenoxy) is 2. The fourth-order valence-electron chi connectivity index (χ4n) is 2.83. The van der Waals surface area contributed by atoms with Gasteiger partial charge in [0, 0.05) is 35.4 Å². The molecule has 1 N–H and O–H groups in total. The number of hydrogen-bond donors (Lipinski definition) is 1. The molecule has 0 radical (unpaired) electrons. The van der Waals surface area contributed by atoms with Gasteiger partial charge in [0.05, 0.1) is 26.0 Å². The Hall–Kier alpha value is -2.57. The number of nitrogens with zero attached hydrogens (tertiary/aromatic N) is 1. The molecule has 1 saturated heterocycles. The number of carbonyl (C=O) groups is 1. The van der Waals surface area contributed by atoms with Gasteiger partial charge in [0.15, 0.2) is 0 Å². The number of nitrogens with one attached hydrogen (secondary N) is 1. The standard InChI is InChI=1S/C20H20ClFN2O3/c1-26-19-6-3-15(21)12-14(19)2-7-20(25)23-16-4-5-18(17(22)13-16)24-8-10-27-11-9-24/h2-7,12-13H,8-11H2,1H3,(H,23,25)/b7-2+. The van der Waals surface area contributed by atoms with E-state index in [4.69, 9.17) is 21.1 Å². The van der Waals surface area contributed by atoms with Crippen molar-refractivity contribution >= 4 is 35.0 Å². The van der Waals surface area contributed by atoms with Gasteiger partial charge in [0.1, 0.15) is 11.6 Å². The second-order valence-corrected chi connectivity index (χ2v) is 6.41. The first-order valence-electron chi connectivity index (χ1n) is 8.51. The van der Waals surface area contributed by atoms with Crippen molar-refractivity contribution in [1.29, 1.82) is 0 Å². The second-order valence-electron chi connectivity index (χ2n) is 5.97. The van der Waals surface area contributed by atoms with Crippen molar-refractivity contribution in [2.45, 2.75) is 0 Å². The number of methoxy groups -OCH3 is 1.